The number of carboxylic acid groups (broad SMARTS) is 1. The molecule has 19 heavy (non-hydrogen) atoms. The number of carboxylic acids is 1. The number of rotatable bonds is 6. The summed E-state index contributed by atoms with van der Waals surface area (Å²) >= 11 is 0. The number of hydrogen-bond donors (Lipinski definition) is 3. The highest BCUT2D eigenvalue weighted by Gasteiger charge is 2.33. The van der Waals surface area contributed by atoms with Crippen LogP contribution in [0.15, 0.2) is 0 Å². The lowest BCUT2D eigenvalue weighted by molar-refractivity contribution is -0.141. The predicted octanol–water partition coefficient (Wildman–Crippen LogP) is -0.816. The molecule has 0 unspecified atom stereocenters. The summed E-state index contributed by atoms with van der Waals surface area (Å²) in [4.78, 5) is 23.9. The Kier molecular flexibility index (Phi) is 5.55. The zero-order chi connectivity index (χ0) is 14.5. The molecule has 1 heterocycles. The second kappa shape index (κ2) is 6.71. The van der Waals surface area contributed by atoms with Crippen LogP contribution in [-0.4, -0.2) is 61.9 Å². The molecule has 0 radical (unpaired) electrons. The van der Waals surface area contributed by atoms with Gasteiger partial charge in [0.25, 0.3) is 0 Å². The van der Waals surface area contributed by atoms with Crippen molar-refractivity contribution in [3.63, 3.8) is 0 Å². The second-order valence-corrected chi connectivity index (χ2v) is 6.16. The Bertz CT molecular complexity index is 436. The number of sulfonamides is 1. The summed E-state index contributed by atoms with van der Waals surface area (Å²) in [6.45, 7) is 2.29. The van der Waals surface area contributed by atoms with E-state index in [1.807, 2.05) is 0 Å². The number of carbonyl (C=O) groups excluding carboxylic acids is 1. The molecule has 1 fully saturated rings. The molecule has 0 saturated carbocycles. The van der Waals surface area contributed by atoms with E-state index in [2.05, 4.69) is 10.0 Å². The Morgan fingerprint density at radius 1 is 1.42 bits per heavy atom. The monoisotopic (exact) mass is 293 g/mol. The van der Waals surface area contributed by atoms with Crippen LogP contribution in [0.3, 0.4) is 0 Å². The highest BCUT2D eigenvalue weighted by molar-refractivity contribution is 7.89. The third-order valence-corrected chi connectivity index (χ3v) is 4.28. The van der Waals surface area contributed by atoms with Gasteiger partial charge in [0.1, 0.15) is 6.04 Å². The summed E-state index contributed by atoms with van der Waals surface area (Å²) in [5.41, 5.74) is 0. The second-order valence-electron chi connectivity index (χ2n) is 4.24. The van der Waals surface area contributed by atoms with Gasteiger partial charge in [-0.1, -0.05) is 6.92 Å². The van der Waals surface area contributed by atoms with Gasteiger partial charge in [0, 0.05) is 19.6 Å². The number of nitrogens with zero attached hydrogens (tertiary/aromatic N) is 1. The fourth-order valence-corrected chi connectivity index (χ4v) is 2.91. The van der Waals surface area contributed by atoms with Crippen LogP contribution in [0.4, 0.5) is 4.79 Å². The van der Waals surface area contributed by atoms with Crippen LogP contribution >= 0.6 is 0 Å². The smallest absolute Gasteiger partial charge is 0.326 e. The van der Waals surface area contributed by atoms with Crippen LogP contribution in [0.25, 0.3) is 0 Å². The minimum absolute atomic E-state index is 0.0446. The average Bonchev–Trinajstić information content (AvgIpc) is 2.77. The van der Waals surface area contributed by atoms with Crippen molar-refractivity contribution in [3.8, 4) is 0 Å². The van der Waals surface area contributed by atoms with Gasteiger partial charge >= 0.3 is 12.0 Å². The van der Waals surface area contributed by atoms with Crippen molar-refractivity contribution >= 4 is 22.0 Å². The first-order valence-corrected chi connectivity index (χ1v) is 7.77. The summed E-state index contributed by atoms with van der Waals surface area (Å²) in [5.74, 6) is -1.26. The van der Waals surface area contributed by atoms with E-state index >= 15 is 0 Å². The Morgan fingerprint density at radius 2 is 2.11 bits per heavy atom. The lowest BCUT2D eigenvalue weighted by atomic mass is 10.2. The van der Waals surface area contributed by atoms with Crippen LogP contribution < -0.4 is 10.0 Å². The topological polar surface area (TPSA) is 116 Å². The van der Waals surface area contributed by atoms with E-state index in [-0.39, 0.29) is 12.3 Å². The lowest BCUT2D eigenvalue weighted by Gasteiger charge is -2.21. The summed E-state index contributed by atoms with van der Waals surface area (Å²) in [5, 5.41) is 11.4. The largest absolute Gasteiger partial charge is 0.480 e. The molecule has 1 atom stereocenters. The zero-order valence-corrected chi connectivity index (χ0v) is 11.6. The number of hydrogen-bond acceptors (Lipinski definition) is 4. The maximum absolute atomic E-state index is 11.7. The van der Waals surface area contributed by atoms with Crippen molar-refractivity contribution in [2.45, 2.75) is 25.8 Å². The molecule has 0 aromatic heterocycles. The van der Waals surface area contributed by atoms with Crippen molar-refractivity contribution in [1.82, 2.24) is 14.9 Å². The van der Waals surface area contributed by atoms with E-state index < -0.39 is 28.1 Å². The molecule has 8 nitrogen and oxygen atoms in total. The van der Waals surface area contributed by atoms with Gasteiger partial charge in [-0.25, -0.2) is 22.7 Å². The van der Waals surface area contributed by atoms with Crippen molar-refractivity contribution in [2.75, 3.05) is 25.4 Å². The number of likely N-dealkylation sites (tertiary alicyclic amines) is 1. The van der Waals surface area contributed by atoms with Crippen molar-refractivity contribution in [1.29, 1.82) is 0 Å². The molecule has 3 N–H and O–H groups in total. The lowest BCUT2D eigenvalue weighted by Crippen LogP contribution is -2.47. The van der Waals surface area contributed by atoms with Gasteiger partial charge < -0.3 is 15.3 Å². The summed E-state index contributed by atoms with van der Waals surface area (Å²) in [7, 11) is -3.38. The molecule has 1 aliphatic heterocycles. The molecular weight excluding hydrogens is 274 g/mol. The molecule has 0 aromatic carbocycles. The van der Waals surface area contributed by atoms with Gasteiger partial charge in [-0.2, -0.15) is 0 Å². The third kappa shape index (κ3) is 4.67. The van der Waals surface area contributed by atoms with E-state index in [0.717, 1.165) is 0 Å². The van der Waals surface area contributed by atoms with Crippen LogP contribution in [0, 0.1) is 0 Å². The SMILES string of the molecule is CCNS(=O)(=O)CCNC(=O)N1CCC[C@H]1C(=O)O. The van der Waals surface area contributed by atoms with Gasteiger partial charge in [0.15, 0.2) is 0 Å². The number of carbonyl (C=O) groups is 2. The Hall–Kier alpha value is -1.35. The maximum Gasteiger partial charge on any atom is 0.326 e. The van der Waals surface area contributed by atoms with Gasteiger partial charge in [0.2, 0.25) is 10.0 Å². The molecule has 1 aliphatic rings. The molecular formula is C10H19N3O5S. The molecule has 0 aliphatic carbocycles. The fraction of sp³-hybridized carbons (Fsp3) is 0.800. The minimum atomic E-state index is -3.38. The Labute approximate surface area is 112 Å². The van der Waals surface area contributed by atoms with Crippen LogP contribution in [-0.2, 0) is 14.8 Å². The van der Waals surface area contributed by atoms with Gasteiger partial charge in [-0.05, 0) is 12.8 Å². The van der Waals surface area contributed by atoms with Crippen LogP contribution in [0.1, 0.15) is 19.8 Å². The molecule has 110 valence electrons. The highest BCUT2D eigenvalue weighted by atomic mass is 32.2. The molecule has 1 saturated heterocycles. The molecule has 2 amide bonds. The minimum Gasteiger partial charge on any atom is -0.480 e. The van der Waals surface area contributed by atoms with E-state index in [4.69, 9.17) is 5.11 Å². The third-order valence-electron chi connectivity index (χ3n) is 2.81. The van der Waals surface area contributed by atoms with Gasteiger partial charge in [0.05, 0.1) is 5.75 Å². The fourth-order valence-electron chi connectivity index (χ4n) is 1.95. The van der Waals surface area contributed by atoms with E-state index in [1.54, 1.807) is 6.92 Å². The first kappa shape index (κ1) is 15.7. The molecule has 9 heteroatoms. The summed E-state index contributed by atoms with van der Waals surface area (Å²) < 4.78 is 25.0. The molecule has 1 rings (SSSR count). The van der Waals surface area contributed by atoms with Crippen molar-refractivity contribution < 1.29 is 23.1 Å². The maximum atomic E-state index is 11.7. The molecule has 0 aromatic rings. The van der Waals surface area contributed by atoms with Crippen molar-refractivity contribution in [3.05, 3.63) is 0 Å². The van der Waals surface area contributed by atoms with Gasteiger partial charge in [-0.3, -0.25) is 0 Å². The summed E-state index contributed by atoms with van der Waals surface area (Å²) in [6, 6.07) is -1.35. The standard InChI is InChI=1S/C10H19N3O5S/c1-2-12-19(17,18)7-5-11-10(16)13-6-3-4-8(13)9(14)15/h8,12H,2-7H2,1H3,(H,11,16)(H,14,15)/t8-/m0/s1. The van der Waals surface area contributed by atoms with E-state index in [0.29, 0.717) is 25.9 Å². The predicted molar refractivity (Wildman–Crippen MR) is 68.2 cm³/mol. The number of amides is 2. The van der Waals surface area contributed by atoms with Gasteiger partial charge in [-0.15, -0.1) is 0 Å². The molecule has 0 bridgehead atoms. The van der Waals surface area contributed by atoms with E-state index in [9.17, 15) is 18.0 Å². The normalized spacial score (nSPS) is 19.4. The highest BCUT2D eigenvalue weighted by Crippen LogP contribution is 2.17. The zero-order valence-electron chi connectivity index (χ0n) is 10.8. The Morgan fingerprint density at radius 3 is 2.68 bits per heavy atom. The van der Waals surface area contributed by atoms with Crippen LogP contribution in [0.5, 0.6) is 0 Å². The number of urea groups is 1. The average molecular weight is 293 g/mol. The first-order chi connectivity index (χ1) is 8.87. The first-order valence-electron chi connectivity index (χ1n) is 6.12. The molecule has 0 spiro atoms. The van der Waals surface area contributed by atoms with Crippen molar-refractivity contribution in [2.24, 2.45) is 0 Å². The van der Waals surface area contributed by atoms with E-state index in [1.165, 1.54) is 4.90 Å². The van der Waals surface area contributed by atoms with Crippen LogP contribution in [0.2, 0.25) is 0 Å². The summed E-state index contributed by atoms with van der Waals surface area (Å²) in [6.07, 6.45) is 1.07. The Balaban J connectivity index is 2.41. The quantitative estimate of drug-likeness (QED) is 0.592. The number of aliphatic carboxylic acids is 1. The number of nitrogens with one attached hydrogen (secondary N) is 2.